The molecular formula is C15H17Br2NS. The molecule has 0 fully saturated rings. The number of thiophene rings is 1. The van der Waals surface area contributed by atoms with Crippen molar-refractivity contribution < 1.29 is 0 Å². The third-order valence-corrected chi connectivity index (χ3v) is 5.53. The van der Waals surface area contributed by atoms with Crippen LogP contribution in [0.3, 0.4) is 0 Å². The highest BCUT2D eigenvalue weighted by Crippen LogP contribution is 2.40. The summed E-state index contributed by atoms with van der Waals surface area (Å²) in [4.78, 5) is 2.66. The van der Waals surface area contributed by atoms with Gasteiger partial charge in [-0.15, -0.1) is 11.3 Å². The van der Waals surface area contributed by atoms with E-state index < -0.39 is 0 Å². The van der Waals surface area contributed by atoms with Crippen LogP contribution in [0, 0.1) is 6.92 Å². The van der Waals surface area contributed by atoms with Gasteiger partial charge in [-0.25, -0.2) is 0 Å². The first-order valence-electron chi connectivity index (χ1n) is 6.32. The summed E-state index contributed by atoms with van der Waals surface area (Å²) in [6.45, 7) is 7.44. The molecule has 1 N–H and O–H groups in total. The van der Waals surface area contributed by atoms with Crippen molar-refractivity contribution in [2.24, 2.45) is 0 Å². The molecule has 0 aliphatic rings. The largest absolute Gasteiger partial charge is 0.310 e. The van der Waals surface area contributed by atoms with Gasteiger partial charge >= 0.3 is 0 Å². The van der Waals surface area contributed by atoms with Crippen LogP contribution in [0.1, 0.15) is 30.3 Å². The molecule has 0 amide bonds. The Morgan fingerprint density at radius 3 is 2.42 bits per heavy atom. The van der Waals surface area contributed by atoms with Gasteiger partial charge in [0, 0.05) is 30.3 Å². The summed E-state index contributed by atoms with van der Waals surface area (Å²) in [7, 11) is 0. The maximum absolute atomic E-state index is 3.67. The molecule has 0 saturated carbocycles. The average molecular weight is 403 g/mol. The number of rotatable bonds is 4. The van der Waals surface area contributed by atoms with Gasteiger partial charge in [0.2, 0.25) is 0 Å². The summed E-state index contributed by atoms with van der Waals surface area (Å²) < 4.78 is 2.28. The summed E-state index contributed by atoms with van der Waals surface area (Å²) in [6.07, 6.45) is 0. The molecule has 1 heterocycles. The molecule has 0 radical (unpaired) electrons. The first kappa shape index (κ1) is 15.2. The van der Waals surface area contributed by atoms with E-state index in [9.17, 15) is 0 Å². The highest BCUT2D eigenvalue weighted by molar-refractivity contribution is 9.11. The van der Waals surface area contributed by atoms with Crippen LogP contribution < -0.4 is 5.32 Å². The fourth-order valence-corrected chi connectivity index (χ4v) is 5.28. The third kappa shape index (κ3) is 3.48. The van der Waals surface area contributed by atoms with E-state index in [4.69, 9.17) is 0 Å². The first-order valence-corrected chi connectivity index (χ1v) is 8.72. The Kier molecular flexibility index (Phi) is 5.23. The molecule has 102 valence electrons. The van der Waals surface area contributed by atoms with E-state index in [0.717, 1.165) is 15.5 Å². The minimum Gasteiger partial charge on any atom is -0.310 e. The van der Waals surface area contributed by atoms with Crippen molar-refractivity contribution in [2.75, 3.05) is 6.54 Å². The zero-order valence-electron chi connectivity index (χ0n) is 11.3. The molecule has 1 atom stereocenters. The lowest BCUT2D eigenvalue weighted by atomic mass is 10.1. The predicted octanol–water partition coefficient (Wildman–Crippen LogP) is 5.92. The lowest BCUT2D eigenvalue weighted by Gasteiger charge is -2.10. The Labute approximate surface area is 135 Å². The third-order valence-electron chi connectivity index (χ3n) is 3.00. The summed E-state index contributed by atoms with van der Waals surface area (Å²) in [5, 5.41) is 3.45. The molecule has 2 aromatic rings. The Balaban J connectivity index is 2.38. The molecule has 0 saturated heterocycles. The minimum absolute atomic E-state index is 0.409. The second-order valence-electron chi connectivity index (χ2n) is 4.58. The van der Waals surface area contributed by atoms with Gasteiger partial charge < -0.3 is 5.32 Å². The second kappa shape index (κ2) is 6.53. The van der Waals surface area contributed by atoms with Gasteiger partial charge in [-0.1, -0.05) is 38.8 Å². The van der Waals surface area contributed by atoms with Gasteiger partial charge in [0.25, 0.3) is 0 Å². The van der Waals surface area contributed by atoms with Crippen LogP contribution in [0.4, 0.5) is 0 Å². The van der Waals surface area contributed by atoms with Crippen molar-refractivity contribution in [3.8, 4) is 10.4 Å². The summed E-state index contributed by atoms with van der Waals surface area (Å²) >= 11 is 9.19. The molecule has 1 aromatic heterocycles. The number of halogens is 2. The molecule has 0 bridgehead atoms. The van der Waals surface area contributed by atoms with E-state index in [0.29, 0.717) is 6.04 Å². The normalized spacial score (nSPS) is 12.7. The fourth-order valence-electron chi connectivity index (χ4n) is 2.06. The standard InChI is InChI=1S/C15H17Br2NS/c1-4-18-10(3)13-5-6-14(19-13)15-11(16)7-9(2)8-12(15)17/h5-8,10,18H,4H2,1-3H3. The SMILES string of the molecule is CCNC(C)c1ccc(-c2c(Br)cc(C)cc2Br)s1. The molecular weight excluding hydrogens is 386 g/mol. The molecule has 0 spiro atoms. The zero-order valence-corrected chi connectivity index (χ0v) is 15.2. The smallest absolute Gasteiger partial charge is 0.0386 e. The Morgan fingerprint density at radius 1 is 1.21 bits per heavy atom. The Hall–Kier alpha value is -0.160. The molecule has 19 heavy (non-hydrogen) atoms. The summed E-state index contributed by atoms with van der Waals surface area (Å²) in [6, 6.07) is 9.15. The highest BCUT2D eigenvalue weighted by Gasteiger charge is 2.13. The molecule has 2 rings (SSSR count). The molecule has 0 aliphatic carbocycles. The van der Waals surface area contributed by atoms with Crippen molar-refractivity contribution in [3.05, 3.63) is 43.7 Å². The van der Waals surface area contributed by atoms with Crippen molar-refractivity contribution >= 4 is 43.2 Å². The van der Waals surface area contributed by atoms with Crippen LogP contribution in [0.2, 0.25) is 0 Å². The van der Waals surface area contributed by atoms with E-state index >= 15 is 0 Å². The number of benzene rings is 1. The van der Waals surface area contributed by atoms with E-state index in [1.165, 1.54) is 20.9 Å². The van der Waals surface area contributed by atoms with Gasteiger partial charge in [-0.3, -0.25) is 0 Å². The van der Waals surface area contributed by atoms with E-state index in [-0.39, 0.29) is 0 Å². The highest BCUT2D eigenvalue weighted by atomic mass is 79.9. The van der Waals surface area contributed by atoms with Crippen molar-refractivity contribution in [1.82, 2.24) is 5.32 Å². The predicted molar refractivity (Wildman–Crippen MR) is 92.0 cm³/mol. The van der Waals surface area contributed by atoms with Crippen LogP contribution in [-0.4, -0.2) is 6.54 Å². The maximum Gasteiger partial charge on any atom is 0.0386 e. The molecule has 4 heteroatoms. The minimum atomic E-state index is 0.409. The molecule has 0 aliphatic heterocycles. The van der Waals surface area contributed by atoms with Crippen LogP contribution in [0.15, 0.2) is 33.2 Å². The van der Waals surface area contributed by atoms with E-state index in [2.05, 4.69) is 82.2 Å². The number of hydrogen-bond acceptors (Lipinski definition) is 2. The monoisotopic (exact) mass is 401 g/mol. The number of hydrogen-bond donors (Lipinski definition) is 1. The Morgan fingerprint density at radius 2 is 1.84 bits per heavy atom. The van der Waals surface area contributed by atoms with Crippen LogP contribution in [0.25, 0.3) is 10.4 Å². The van der Waals surface area contributed by atoms with Crippen molar-refractivity contribution in [2.45, 2.75) is 26.8 Å². The van der Waals surface area contributed by atoms with Gasteiger partial charge in [-0.2, -0.15) is 0 Å². The van der Waals surface area contributed by atoms with Crippen LogP contribution in [0.5, 0.6) is 0 Å². The maximum atomic E-state index is 3.67. The molecule has 1 unspecified atom stereocenters. The van der Waals surface area contributed by atoms with E-state index in [1.54, 1.807) is 0 Å². The quantitative estimate of drug-likeness (QED) is 0.669. The van der Waals surface area contributed by atoms with Gasteiger partial charge in [0.15, 0.2) is 0 Å². The van der Waals surface area contributed by atoms with Gasteiger partial charge in [0.05, 0.1) is 0 Å². The lowest BCUT2D eigenvalue weighted by Crippen LogP contribution is -2.16. The first-order chi connectivity index (χ1) is 9.02. The Bertz CT molecular complexity index is 554. The summed E-state index contributed by atoms with van der Waals surface area (Å²) in [5.41, 5.74) is 2.49. The van der Waals surface area contributed by atoms with Crippen LogP contribution >= 0.6 is 43.2 Å². The number of nitrogens with one attached hydrogen (secondary N) is 1. The zero-order chi connectivity index (χ0) is 14.0. The van der Waals surface area contributed by atoms with Crippen LogP contribution in [-0.2, 0) is 0 Å². The van der Waals surface area contributed by atoms with E-state index in [1.807, 2.05) is 11.3 Å². The average Bonchev–Trinajstić information content (AvgIpc) is 2.77. The second-order valence-corrected chi connectivity index (χ2v) is 7.41. The molecule has 1 nitrogen and oxygen atoms in total. The topological polar surface area (TPSA) is 12.0 Å². The summed E-state index contributed by atoms with van der Waals surface area (Å²) in [5.74, 6) is 0. The fraction of sp³-hybridized carbons (Fsp3) is 0.333. The lowest BCUT2D eigenvalue weighted by molar-refractivity contribution is 0.607. The van der Waals surface area contributed by atoms with Crippen molar-refractivity contribution in [3.63, 3.8) is 0 Å². The van der Waals surface area contributed by atoms with Gasteiger partial charge in [0.1, 0.15) is 0 Å². The van der Waals surface area contributed by atoms with Crippen molar-refractivity contribution in [1.29, 1.82) is 0 Å². The van der Waals surface area contributed by atoms with Gasteiger partial charge in [-0.05, 0) is 50.2 Å². The number of aryl methyl sites for hydroxylation is 1. The molecule has 1 aromatic carbocycles.